The molecule has 1 aliphatic rings. The van der Waals surface area contributed by atoms with Gasteiger partial charge in [0.25, 0.3) is 0 Å². The molecule has 0 fully saturated rings. The molecule has 1 aliphatic heterocycles. The van der Waals surface area contributed by atoms with Crippen molar-refractivity contribution in [3.8, 4) is 0 Å². The van der Waals surface area contributed by atoms with E-state index in [-0.39, 0.29) is 5.41 Å². The van der Waals surface area contributed by atoms with Crippen LogP contribution in [0.5, 0.6) is 0 Å². The van der Waals surface area contributed by atoms with Crippen molar-refractivity contribution in [2.45, 2.75) is 27.7 Å². The van der Waals surface area contributed by atoms with E-state index in [1.165, 1.54) is 0 Å². The van der Waals surface area contributed by atoms with E-state index < -0.39 is 0 Å². The first-order valence-electron chi connectivity index (χ1n) is 3.85. The Kier molecular flexibility index (Phi) is 1.76. The van der Waals surface area contributed by atoms with Gasteiger partial charge in [-0.15, -0.1) is 0 Å². The van der Waals surface area contributed by atoms with Gasteiger partial charge in [-0.1, -0.05) is 27.7 Å². The maximum Gasteiger partial charge on any atom is 0.0977 e. The summed E-state index contributed by atoms with van der Waals surface area (Å²) in [5, 5.41) is 0. The number of ether oxygens (including phenoxy) is 1. The van der Waals surface area contributed by atoms with Crippen LogP contribution in [-0.2, 0) is 4.74 Å². The lowest BCUT2D eigenvalue weighted by atomic mass is 9.93. The van der Waals surface area contributed by atoms with Crippen molar-refractivity contribution in [2.75, 3.05) is 6.61 Å². The molecule has 0 spiro atoms. The van der Waals surface area contributed by atoms with Crippen LogP contribution in [-0.4, -0.2) is 6.61 Å². The SMILES string of the molecule is CC1C=C(C(C)(C)C)OC1. The molecule has 0 radical (unpaired) electrons. The van der Waals surface area contributed by atoms with Gasteiger partial charge in [-0.05, 0) is 6.08 Å². The van der Waals surface area contributed by atoms with E-state index in [9.17, 15) is 0 Å². The Balaban J connectivity index is 2.67. The molecular formula is C9H16O. The summed E-state index contributed by atoms with van der Waals surface area (Å²) in [6.45, 7) is 9.58. The number of hydrogen-bond donors (Lipinski definition) is 0. The summed E-state index contributed by atoms with van der Waals surface area (Å²) in [6, 6.07) is 0. The third-order valence-electron chi connectivity index (χ3n) is 1.68. The molecule has 0 bridgehead atoms. The number of allylic oxidation sites excluding steroid dienone is 1. The molecule has 0 aliphatic carbocycles. The van der Waals surface area contributed by atoms with Crippen LogP contribution < -0.4 is 0 Å². The quantitative estimate of drug-likeness (QED) is 0.502. The summed E-state index contributed by atoms with van der Waals surface area (Å²) in [6.07, 6.45) is 2.22. The number of hydrogen-bond acceptors (Lipinski definition) is 1. The molecule has 0 N–H and O–H groups in total. The Labute approximate surface area is 63.1 Å². The molecule has 0 aromatic heterocycles. The maximum atomic E-state index is 5.49. The lowest BCUT2D eigenvalue weighted by Crippen LogP contribution is -2.09. The second-order valence-corrected chi connectivity index (χ2v) is 4.07. The standard InChI is InChI=1S/C9H16O/c1-7-5-8(10-6-7)9(2,3)4/h5,7H,6H2,1-4H3. The minimum atomic E-state index is 0.199. The fourth-order valence-corrected chi connectivity index (χ4v) is 1.04. The smallest absolute Gasteiger partial charge is 0.0977 e. The predicted octanol–water partition coefficient (Wildman–Crippen LogP) is 2.58. The minimum absolute atomic E-state index is 0.199. The average molecular weight is 140 g/mol. The topological polar surface area (TPSA) is 9.23 Å². The largest absolute Gasteiger partial charge is 0.497 e. The van der Waals surface area contributed by atoms with Crippen LogP contribution in [0.25, 0.3) is 0 Å². The van der Waals surface area contributed by atoms with E-state index in [1.807, 2.05) is 0 Å². The van der Waals surface area contributed by atoms with Crippen LogP contribution in [0.15, 0.2) is 11.8 Å². The van der Waals surface area contributed by atoms with E-state index in [0.717, 1.165) is 12.4 Å². The van der Waals surface area contributed by atoms with E-state index in [2.05, 4.69) is 33.8 Å². The summed E-state index contributed by atoms with van der Waals surface area (Å²) in [5.74, 6) is 1.76. The van der Waals surface area contributed by atoms with Gasteiger partial charge in [-0.2, -0.15) is 0 Å². The molecule has 1 heterocycles. The molecule has 0 aromatic carbocycles. The van der Waals surface area contributed by atoms with Crippen molar-refractivity contribution < 1.29 is 4.74 Å². The molecule has 0 aromatic rings. The van der Waals surface area contributed by atoms with Gasteiger partial charge in [0.1, 0.15) is 0 Å². The first-order valence-corrected chi connectivity index (χ1v) is 3.85. The highest BCUT2D eigenvalue weighted by atomic mass is 16.5. The lowest BCUT2D eigenvalue weighted by Gasteiger charge is -2.19. The van der Waals surface area contributed by atoms with Gasteiger partial charge < -0.3 is 4.74 Å². The van der Waals surface area contributed by atoms with Crippen molar-refractivity contribution in [3.63, 3.8) is 0 Å². The fraction of sp³-hybridized carbons (Fsp3) is 0.778. The molecule has 0 saturated carbocycles. The molecule has 0 saturated heterocycles. The Morgan fingerprint density at radius 2 is 2.10 bits per heavy atom. The zero-order chi connectivity index (χ0) is 7.78. The van der Waals surface area contributed by atoms with Crippen molar-refractivity contribution in [1.29, 1.82) is 0 Å². The van der Waals surface area contributed by atoms with Gasteiger partial charge in [0.15, 0.2) is 0 Å². The van der Waals surface area contributed by atoms with Crippen molar-refractivity contribution >= 4 is 0 Å². The maximum absolute atomic E-state index is 5.49. The summed E-state index contributed by atoms with van der Waals surface area (Å²) in [4.78, 5) is 0. The van der Waals surface area contributed by atoms with Crippen LogP contribution in [0, 0.1) is 11.3 Å². The summed E-state index contributed by atoms with van der Waals surface area (Å²) in [5.41, 5.74) is 0.199. The van der Waals surface area contributed by atoms with E-state index in [1.54, 1.807) is 0 Å². The average Bonchev–Trinajstić information content (AvgIpc) is 2.11. The molecule has 10 heavy (non-hydrogen) atoms. The van der Waals surface area contributed by atoms with Crippen LogP contribution in [0.3, 0.4) is 0 Å². The van der Waals surface area contributed by atoms with Gasteiger partial charge >= 0.3 is 0 Å². The second kappa shape index (κ2) is 2.30. The van der Waals surface area contributed by atoms with Gasteiger partial charge in [0.2, 0.25) is 0 Å². The third kappa shape index (κ3) is 1.53. The Hall–Kier alpha value is -0.460. The highest BCUT2D eigenvalue weighted by Gasteiger charge is 2.23. The van der Waals surface area contributed by atoms with Crippen molar-refractivity contribution in [3.05, 3.63) is 11.8 Å². The Bertz CT molecular complexity index is 151. The molecule has 58 valence electrons. The highest BCUT2D eigenvalue weighted by molar-refractivity contribution is 5.08. The van der Waals surface area contributed by atoms with E-state index >= 15 is 0 Å². The summed E-state index contributed by atoms with van der Waals surface area (Å²) in [7, 11) is 0. The minimum Gasteiger partial charge on any atom is -0.497 e. The van der Waals surface area contributed by atoms with Gasteiger partial charge in [-0.25, -0.2) is 0 Å². The molecule has 0 amide bonds. The van der Waals surface area contributed by atoms with Gasteiger partial charge in [0, 0.05) is 11.3 Å². The molecule has 1 unspecified atom stereocenters. The van der Waals surface area contributed by atoms with Gasteiger partial charge in [-0.3, -0.25) is 0 Å². The Morgan fingerprint density at radius 3 is 2.30 bits per heavy atom. The molecule has 1 nitrogen and oxygen atoms in total. The van der Waals surface area contributed by atoms with Crippen molar-refractivity contribution in [1.82, 2.24) is 0 Å². The first-order chi connectivity index (χ1) is 4.50. The van der Waals surface area contributed by atoms with Crippen LogP contribution in [0.4, 0.5) is 0 Å². The highest BCUT2D eigenvalue weighted by Crippen LogP contribution is 2.31. The molecular weight excluding hydrogens is 124 g/mol. The van der Waals surface area contributed by atoms with Crippen LogP contribution in [0.2, 0.25) is 0 Å². The fourth-order valence-electron chi connectivity index (χ4n) is 1.04. The predicted molar refractivity (Wildman–Crippen MR) is 42.7 cm³/mol. The van der Waals surface area contributed by atoms with Crippen LogP contribution in [0.1, 0.15) is 27.7 Å². The molecule has 1 rings (SSSR count). The van der Waals surface area contributed by atoms with E-state index in [0.29, 0.717) is 5.92 Å². The monoisotopic (exact) mass is 140 g/mol. The van der Waals surface area contributed by atoms with Gasteiger partial charge in [0.05, 0.1) is 12.4 Å². The van der Waals surface area contributed by atoms with E-state index in [4.69, 9.17) is 4.74 Å². The molecule has 1 heteroatoms. The second-order valence-electron chi connectivity index (χ2n) is 4.07. The normalized spacial score (nSPS) is 26.0. The van der Waals surface area contributed by atoms with Crippen LogP contribution >= 0.6 is 0 Å². The zero-order valence-electron chi connectivity index (χ0n) is 7.27. The lowest BCUT2D eigenvalue weighted by molar-refractivity contribution is 0.167. The Morgan fingerprint density at radius 1 is 1.50 bits per heavy atom. The number of rotatable bonds is 0. The first kappa shape index (κ1) is 7.64. The molecule has 1 atom stereocenters. The zero-order valence-corrected chi connectivity index (χ0v) is 7.27. The van der Waals surface area contributed by atoms with Crippen molar-refractivity contribution in [2.24, 2.45) is 11.3 Å². The summed E-state index contributed by atoms with van der Waals surface area (Å²) < 4.78 is 5.49. The summed E-state index contributed by atoms with van der Waals surface area (Å²) >= 11 is 0. The third-order valence-corrected chi connectivity index (χ3v) is 1.68.